The van der Waals surface area contributed by atoms with Crippen molar-refractivity contribution in [3.63, 3.8) is 0 Å². The van der Waals surface area contributed by atoms with Gasteiger partial charge in [0.05, 0.1) is 6.26 Å². The summed E-state index contributed by atoms with van der Waals surface area (Å²) in [6.45, 7) is 1.19. The van der Waals surface area contributed by atoms with Gasteiger partial charge in [-0.15, -0.1) is 0 Å². The number of fused-ring (bicyclic) bond motifs is 1. The topological polar surface area (TPSA) is 74.6 Å². The number of carbonyl (C=O) groups excluding carboxylic acids is 2. The summed E-state index contributed by atoms with van der Waals surface area (Å²) in [6, 6.07) is 19.0. The monoisotopic (exact) mass is 389 g/mol. The molecule has 0 spiro atoms. The van der Waals surface area contributed by atoms with Gasteiger partial charge in [-0.3, -0.25) is 4.79 Å². The van der Waals surface area contributed by atoms with Crippen LogP contribution in [0.25, 0.3) is 0 Å². The molecule has 3 amide bonds. The fourth-order valence-electron chi connectivity index (χ4n) is 3.52. The Morgan fingerprint density at radius 3 is 2.69 bits per heavy atom. The van der Waals surface area contributed by atoms with Crippen molar-refractivity contribution in [1.29, 1.82) is 0 Å². The molecule has 2 N–H and O–H groups in total. The van der Waals surface area contributed by atoms with Crippen molar-refractivity contribution in [2.24, 2.45) is 0 Å². The molecule has 148 valence electrons. The van der Waals surface area contributed by atoms with Gasteiger partial charge < -0.3 is 20.0 Å². The molecule has 0 fully saturated rings. The van der Waals surface area contributed by atoms with Gasteiger partial charge in [0.1, 0.15) is 0 Å². The van der Waals surface area contributed by atoms with Gasteiger partial charge in [-0.1, -0.05) is 36.4 Å². The highest BCUT2D eigenvalue weighted by atomic mass is 16.3. The molecule has 3 aromatic rings. The van der Waals surface area contributed by atoms with E-state index in [1.807, 2.05) is 36.4 Å². The van der Waals surface area contributed by atoms with E-state index in [0.717, 1.165) is 30.5 Å². The molecule has 0 saturated carbocycles. The second-order valence-electron chi connectivity index (χ2n) is 7.00. The number of urea groups is 1. The smallest absolute Gasteiger partial charge is 0.319 e. The van der Waals surface area contributed by atoms with Crippen molar-refractivity contribution in [3.05, 3.63) is 83.8 Å². The molecule has 0 atom stereocenters. The van der Waals surface area contributed by atoms with Crippen LogP contribution in [0, 0.1) is 0 Å². The van der Waals surface area contributed by atoms with Crippen molar-refractivity contribution < 1.29 is 14.0 Å². The van der Waals surface area contributed by atoms with E-state index >= 15 is 0 Å². The minimum absolute atomic E-state index is 0.170. The molecular formula is C23H23N3O3. The minimum Gasteiger partial charge on any atom is -0.459 e. The Labute approximate surface area is 169 Å². The SMILES string of the molecule is O=C(NCCCc1ccccc1)Nc1ccc2c(c1)N(C(=O)c1ccco1)CC2. The molecule has 0 bridgehead atoms. The van der Waals surface area contributed by atoms with Gasteiger partial charge in [0.2, 0.25) is 0 Å². The molecule has 6 heteroatoms. The number of hydrogen-bond donors (Lipinski definition) is 2. The summed E-state index contributed by atoms with van der Waals surface area (Å²) in [5.41, 5.74) is 3.81. The van der Waals surface area contributed by atoms with Gasteiger partial charge in [-0.05, 0) is 54.7 Å². The number of benzene rings is 2. The molecule has 0 saturated heterocycles. The Morgan fingerprint density at radius 2 is 1.90 bits per heavy atom. The zero-order valence-corrected chi connectivity index (χ0v) is 16.1. The quantitative estimate of drug-likeness (QED) is 0.620. The first-order valence-electron chi connectivity index (χ1n) is 9.78. The molecule has 0 unspecified atom stereocenters. The maximum Gasteiger partial charge on any atom is 0.319 e. The van der Waals surface area contributed by atoms with E-state index in [0.29, 0.717) is 24.5 Å². The van der Waals surface area contributed by atoms with Crippen LogP contribution in [0.4, 0.5) is 16.2 Å². The molecule has 1 aromatic heterocycles. The fraction of sp³-hybridized carbons (Fsp3) is 0.217. The van der Waals surface area contributed by atoms with Crippen LogP contribution in [0.5, 0.6) is 0 Å². The molecule has 1 aliphatic rings. The van der Waals surface area contributed by atoms with Crippen LogP contribution in [0.2, 0.25) is 0 Å². The summed E-state index contributed by atoms with van der Waals surface area (Å²) in [5.74, 6) is 0.142. The van der Waals surface area contributed by atoms with Crippen LogP contribution in [-0.4, -0.2) is 25.0 Å². The van der Waals surface area contributed by atoms with Gasteiger partial charge in [0.25, 0.3) is 5.91 Å². The lowest BCUT2D eigenvalue weighted by Crippen LogP contribution is -2.30. The van der Waals surface area contributed by atoms with Gasteiger partial charge in [0.15, 0.2) is 5.76 Å². The van der Waals surface area contributed by atoms with Crippen LogP contribution >= 0.6 is 0 Å². The number of hydrogen-bond acceptors (Lipinski definition) is 3. The normalized spacial score (nSPS) is 12.5. The number of anilines is 2. The van der Waals surface area contributed by atoms with Crippen LogP contribution in [0.3, 0.4) is 0 Å². The van der Waals surface area contributed by atoms with E-state index in [-0.39, 0.29) is 11.9 Å². The number of nitrogens with one attached hydrogen (secondary N) is 2. The van der Waals surface area contributed by atoms with E-state index in [9.17, 15) is 9.59 Å². The van der Waals surface area contributed by atoms with E-state index in [1.165, 1.54) is 11.8 Å². The Morgan fingerprint density at radius 1 is 1.03 bits per heavy atom. The maximum absolute atomic E-state index is 12.6. The lowest BCUT2D eigenvalue weighted by molar-refractivity contribution is 0.0963. The predicted molar refractivity (Wildman–Crippen MR) is 112 cm³/mol. The number of rotatable bonds is 6. The lowest BCUT2D eigenvalue weighted by Gasteiger charge is -2.17. The zero-order chi connectivity index (χ0) is 20.1. The third-order valence-electron chi connectivity index (χ3n) is 4.99. The van der Waals surface area contributed by atoms with Crippen molar-refractivity contribution in [3.8, 4) is 0 Å². The number of nitrogens with zero attached hydrogens (tertiary/aromatic N) is 1. The number of furan rings is 1. The van der Waals surface area contributed by atoms with Crippen molar-refractivity contribution >= 4 is 23.3 Å². The summed E-state index contributed by atoms with van der Waals surface area (Å²) in [7, 11) is 0. The second kappa shape index (κ2) is 8.65. The molecule has 6 nitrogen and oxygen atoms in total. The van der Waals surface area contributed by atoms with Crippen LogP contribution in [0.1, 0.15) is 28.1 Å². The summed E-state index contributed by atoms with van der Waals surface area (Å²) in [5, 5.41) is 5.73. The number of aryl methyl sites for hydroxylation is 1. The van der Waals surface area contributed by atoms with Gasteiger partial charge in [-0.25, -0.2) is 4.79 Å². The van der Waals surface area contributed by atoms with E-state index in [1.54, 1.807) is 17.0 Å². The molecule has 29 heavy (non-hydrogen) atoms. The first kappa shape index (κ1) is 18.8. The summed E-state index contributed by atoms with van der Waals surface area (Å²) in [6.07, 6.45) is 4.06. The van der Waals surface area contributed by atoms with Gasteiger partial charge in [0, 0.05) is 24.5 Å². The van der Waals surface area contributed by atoms with Crippen LogP contribution < -0.4 is 15.5 Å². The highest BCUT2D eigenvalue weighted by Gasteiger charge is 2.27. The van der Waals surface area contributed by atoms with E-state index < -0.39 is 0 Å². The predicted octanol–water partition coefficient (Wildman–Crippen LogP) is 4.24. The zero-order valence-electron chi connectivity index (χ0n) is 16.1. The van der Waals surface area contributed by atoms with Gasteiger partial charge >= 0.3 is 6.03 Å². The summed E-state index contributed by atoms with van der Waals surface area (Å²) in [4.78, 5) is 26.5. The lowest BCUT2D eigenvalue weighted by atomic mass is 10.1. The summed E-state index contributed by atoms with van der Waals surface area (Å²) >= 11 is 0. The first-order chi connectivity index (χ1) is 14.2. The fourth-order valence-corrected chi connectivity index (χ4v) is 3.52. The standard InChI is InChI=1S/C23H23N3O3/c27-22(21-9-5-15-29-21)26-14-12-18-10-11-19(16-20(18)26)25-23(28)24-13-4-8-17-6-2-1-3-7-17/h1-3,5-7,9-11,15-16H,4,8,12-14H2,(H2,24,25,28). The second-order valence-corrected chi connectivity index (χ2v) is 7.00. The largest absolute Gasteiger partial charge is 0.459 e. The third kappa shape index (κ3) is 4.48. The molecular weight excluding hydrogens is 366 g/mol. The van der Waals surface area contributed by atoms with E-state index in [4.69, 9.17) is 4.42 Å². The molecule has 2 heterocycles. The highest BCUT2D eigenvalue weighted by Crippen LogP contribution is 2.32. The minimum atomic E-state index is -0.250. The number of amides is 3. The van der Waals surface area contributed by atoms with Crippen molar-refractivity contribution in [2.45, 2.75) is 19.3 Å². The Kier molecular flexibility index (Phi) is 5.61. The molecule has 2 aromatic carbocycles. The highest BCUT2D eigenvalue weighted by molar-refractivity contribution is 6.06. The van der Waals surface area contributed by atoms with E-state index in [2.05, 4.69) is 22.8 Å². The molecule has 0 radical (unpaired) electrons. The van der Waals surface area contributed by atoms with Crippen LogP contribution in [-0.2, 0) is 12.8 Å². The third-order valence-corrected chi connectivity index (χ3v) is 4.99. The maximum atomic E-state index is 12.6. The average Bonchev–Trinajstić information content (AvgIpc) is 3.41. The Hall–Kier alpha value is -3.54. The first-order valence-corrected chi connectivity index (χ1v) is 9.78. The number of carbonyl (C=O) groups is 2. The van der Waals surface area contributed by atoms with Crippen molar-refractivity contribution in [2.75, 3.05) is 23.3 Å². The molecule has 1 aliphatic heterocycles. The summed E-state index contributed by atoms with van der Waals surface area (Å²) < 4.78 is 5.23. The molecule has 4 rings (SSSR count). The van der Waals surface area contributed by atoms with Crippen LogP contribution in [0.15, 0.2) is 71.3 Å². The molecule has 0 aliphatic carbocycles. The average molecular weight is 389 g/mol. The van der Waals surface area contributed by atoms with Gasteiger partial charge in [-0.2, -0.15) is 0 Å². The Balaban J connectivity index is 1.32. The Bertz CT molecular complexity index is 984. The van der Waals surface area contributed by atoms with Crippen molar-refractivity contribution in [1.82, 2.24) is 5.32 Å².